The number of thiazole rings is 1. The monoisotopic (exact) mass is 240 g/mol. The van der Waals surface area contributed by atoms with E-state index in [0.717, 1.165) is 11.3 Å². The summed E-state index contributed by atoms with van der Waals surface area (Å²) in [7, 11) is 0. The molecular formula is C6H6Cl2N2O2S. The Morgan fingerprint density at radius 1 is 1.77 bits per heavy atom. The average molecular weight is 241 g/mol. The van der Waals surface area contributed by atoms with Crippen LogP contribution in [-0.2, 0) is 4.74 Å². The third-order valence-electron chi connectivity index (χ3n) is 0.997. The van der Waals surface area contributed by atoms with Gasteiger partial charge in [0.1, 0.15) is 10.9 Å². The molecule has 0 saturated heterocycles. The van der Waals surface area contributed by atoms with Crippen molar-refractivity contribution in [1.29, 1.82) is 0 Å². The van der Waals surface area contributed by atoms with E-state index in [1.54, 1.807) is 0 Å². The molecule has 1 rings (SSSR count). The number of nitrogens with zero attached hydrogens (tertiary/aromatic N) is 1. The van der Waals surface area contributed by atoms with Gasteiger partial charge >= 0.3 is 6.09 Å². The molecule has 0 aliphatic carbocycles. The van der Waals surface area contributed by atoms with Gasteiger partial charge in [-0.05, 0) is 0 Å². The van der Waals surface area contributed by atoms with Crippen LogP contribution in [0.2, 0.25) is 4.34 Å². The van der Waals surface area contributed by atoms with Gasteiger partial charge in [0.25, 0.3) is 0 Å². The number of alkyl halides is 1. The Hall–Kier alpha value is -0.520. The predicted octanol–water partition coefficient (Wildman–Crippen LogP) is 2.58. The zero-order valence-electron chi connectivity index (χ0n) is 6.42. The Labute approximate surface area is 88.8 Å². The van der Waals surface area contributed by atoms with E-state index in [1.807, 2.05) is 0 Å². The van der Waals surface area contributed by atoms with Gasteiger partial charge < -0.3 is 4.74 Å². The maximum atomic E-state index is 10.9. The van der Waals surface area contributed by atoms with Crippen LogP contribution in [0.1, 0.15) is 0 Å². The number of aromatic nitrogens is 1. The number of hydrogen-bond donors (Lipinski definition) is 1. The summed E-state index contributed by atoms with van der Waals surface area (Å²) in [5.41, 5.74) is 0. The van der Waals surface area contributed by atoms with E-state index in [1.165, 1.54) is 6.20 Å². The first-order valence-electron chi connectivity index (χ1n) is 3.33. The molecule has 7 heteroatoms. The van der Waals surface area contributed by atoms with Crippen LogP contribution < -0.4 is 5.32 Å². The average Bonchev–Trinajstić information content (AvgIpc) is 2.48. The second-order valence-corrected chi connectivity index (χ2v) is 3.96. The van der Waals surface area contributed by atoms with Crippen LogP contribution in [-0.4, -0.2) is 23.6 Å². The van der Waals surface area contributed by atoms with Crippen LogP contribution >= 0.6 is 34.5 Å². The molecule has 1 heterocycles. The van der Waals surface area contributed by atoms with Gasteiger partial charge in [0.2, 0.25) is 0 Å². The molecule has 0 fully saturated rings. The summed E-state index contributed by atoms with van der Waals surface area (Å²) in [6.07, 6.45) is 0.871. The molecule has 0 aromatic carbocycles. The lowest BCUT2D eigenvalue weighted by molar-refractivity contribution is 0.168. The molecule has 0 spiro atoms. The molecule has 0 unspecified atom stereocenters. The van der Waals surface area contributed by atoms with Crippen LogP contribution in [0.5, 0.6) is 0 Å². The predicted molar refractivity (Wildman–Crippen MR) is 52.8 cm³/mol. The minimum atomic E-state index is -0.577. The molecule has 72 valence electrons. The molecule has 0 atom stereocenters. The SMILES string of the molecule is O=C(Nc1ncc(Cl)s1)OCCCl. The third kappa shape index (κ3) is 3.80. The van der Waals surface area contributed by atoms with Crippen LogP contribution in [0.4, 0.5) is 9.93 Å². The van der Waals surface area contributed by atoms with Crippen LogP contribution in [0, 0.1) is 0 Å². The van der Waals surface area contributed by atoms with Gasteiger partial charge in [-0.3, -0.25) is 5.32 Å². The highest BCUT2D eigenvalue weighted by atomic mass is 35.5. The third-order valence-corrected chi connectivity index (χ3v) is 2.18. The minimum Gasteiger partial charge on any atom is -0.448 e. The molecular weight excluding hydrogens is 235 g/mol. The Balaban J connectivity index is 2.36. The normalized spacial score (nSPS) is 9.69. The first-order chi connectivity index (χ1) is 6.22. The van der Waals surface area contributed by atoms with Crippen molar-refractivity contribution in [1.82, 2.24) is 4.98 Å². The van der Waals surface area contributed by atoms with Gasteiger partial charge in [0.05, 0.1) is 12.1 Å². The second kappa shape index (κ2) is 5.26. The second-order valence-electron chi connectivity index (χ2n) is 1.92. The standard InChI is InChI=1S/C6H6Cl2N2O2S/c7-1-2-12-6(11)10-5-9-3-4(8)13-5/h3H,1-2H2,(H,9,10,11). The molecule has 1 aromatic rings. The maximum absolute atomic E-state index is 10.9. The molecule has 0 aliphatic heterocycles. The molecule has 1 amide bonds. The topological polar surface area (TPSA) is 51.2 Å². The Bertz CT molecular complexity index is 292. The van der Waals surface area contributed by atoms with E-state index in [0.29, 0.717) is 9.47 Å². The quantitative estimate of drug-likeness (QED) is 0.827. The number of halogens is 2. The molecule has 4 nitrogen and oxygen atoms in total. The molecule has 0 bridgehead atoms. The van der Waals surface area contributed by atoms with Gasteiger partial charge in [-0.25, -0.2) is 9.78 Å². The smallest absolute Gasteiger partial charge is 0.413 e. The summed E-state index contributed by atoms with van der Waals surface area (Å²) in [6.45, 7) is 0.173. The number of hydrogen-bond acceptors (Lipinski definition) is 4. The minimum absolute atomic E-state index is 0.173. The van der Waals surface area contributed by atoms with E-state index >= 15 is 0 Å². The van der Waals surface area contributed by atoms with E-state index < -0.39 is 6.09 Å². The fraction of sp³-hybridized carbons (Fsp3) is 0.333. The van der Waals surface area contributed by atoms with Crippen molar-refractivity contribution in [2.45, 2.75) is 0 Å². The summed E-state index contributed by atoms with van der Waals surface area (Å²) in [4.78, 5) is 14.7. The highest BCUT2D eigenvalue weighted by molar-refractivity contribution is 7.19. The van der Waals surface area contributed by atoms with Crippen molar-refractivity contribution in [2.24, 2.45) is 0 Å². The van der Waals surface area contributed by atoms with Crippen molar-refractivity contribution < 1.29 is 9.53 Å². The molecule has 1 aromatic heterocycles. The summed E-state index contributed by atoms with van der Waals surface area (Å²) < 4.78 is 5.15. The number of carbonyl (C=O) groups excluding carboxylic acids is 1. The fourth-order valence-electron chi connectivity index (χ4n) is 0.567. The Morgan fingerprint density at radius 3 is 3.08 bits per heavy atom. The zero-order valence-corrected chi connectivity index (χ0v) is 8.75. The largest absolute Gasteiger partial charge is 0.448 e. The number of rotatable bonds is 3. The van der Waals surface area contributed by atoms with Gasteiger partial charge in [-0.1, -0.05) is 22.9 Å². The van der Waals surface area contributed by atoms with Crippen LogP contribution in [0.3, 0.4) is 0 Å². The molecule has 0 saturated carbocycles. The van der Waals surface area contributed by atoms with Gasteiger partial charge in [0, 0.05) is 0 Å². The van der Waals surface area contributed by atoms with Gasteiger partial charge in [-0.2, -0.15) is 0 Å². The van der Waals surface area contributed by atoms with Crippen molar-refractivity contribution in [2.75, 3.05) is 17.8 Å². The van der Waals surface area contributed by atoms with E-state index in [4.69, 9.17) is 23.2 Å². The van der Waals surface area contributed by atoms with E-state index in [9.17, 15) is 4.79 Å². The van der Waals surface area contributed by atoms with E-state index in [-0.39, 0.29) is 12.5 Å². The van der Waals surface area contributed by atoms with Crippen LogP contribution in [0.15, 0.2) is 6.20 Å². The molecule has 13 heavy (non-hydrogen) atoms. The lowest BCUT2D eigenvalue weighted by Crippen LogP contribution is -2.14. The van der Waals surface area contributed by atoms with Crippen molar-refractivity contribution in [3.8, 4) is 0 Å². The fourth-order valence-corrected chi connectivity index (χ4v) is 1.44. The highest BCUT2D eigenvalue weighted by Crippen LogP contribution is 2.22. The number of anilines is 1. The summed E-state index contributed by atoms with van der Waals surface area (Å²) >= 11 is 12.1. The summed E-state index contributed by atoms with van der Waals surface area (Å²) in [5, 5.41) is 2.81. The van der Waals surface area contributed by atoms with E-state index in [2.05, 4.69) is 15.0 Å². The maximum Gasteiger partial charge on any atom is 0.413 e. The molecule has 0 aliphatic rings. The number of carbonyl (C=O) groups is 1. The molecule has 1 N–H and O–H groups in total. The van der Waals surface area contributed by atoms with Gasteiger partial charge in [0.15, 0.2) is 5.13 Å². The number of amides is 1. The zero-order chi connectivity index (χ0) is 9.68. The molecule has 0 radical (unpaired) electrons. The first-order valence-corrected chi connectivity index (χ1v) is 5.06. The van der Waals surface area contributed by atoms with Gasteiger partial charge in [-0.15, -0.1) is 11.6 Å². The Kier molecular flexibility index (Phi) is 4.27. The van der Waals surface area contributed by atoms with Crippen molar-refractivity contribution in [3.05, 3.63) is 10.5 Å². The van der Waals surface area contributed by atoms with Crippen molar-refractivity contribution in [3.63, 3.8) is 0 Å². The lowest BCUT2D eigenvalue weighted by atomic mass is 10.8. The number of ether oxygens (including phenoxy) is 1. The summed E-state index contributed by atoms with van der Waals surface area (Å²) in [5.74, 6) is 0.270. The highest BCUT2D eigenvalue weighted by Gasteiger charge is 2.05. The van der Waals surface area contributed by atoms with Crippen molar-refractivity contribution >= 4 is 45.8 Å². The lowest BCUT2D eigenvalue weighted by Gasteiger charge is -2.01. The number of nitrogens with one attached hydrogen (secondary N) is 1. The summed E-state index contributed by atoms with van der Waals surface area (Å²) in [6, 6.07) is 0. The Morgan fingerprint density at radius 2 is 2.54 bits per heavy atom. The van der Waals surface area contributed by atoms with Crippen LogP contribution in [0.25, 0.3) is 0 Å². The first kappa shape index (κ1) is 10.6.